The minimum absolute atomic E-state index is 0.0754. The zero-order valence-electron chi connectivity index (χ0n) is 10.7. The lowest BCUT2D eigenvalue weighted by Gasteiger charge is -2.15. The summed E-state index contributed by atoms with van der Waals surface area (Å²) in [4.78, 5) is 0. The number of aliphatic hydroxyl groups excluding tert-OH is 1. The van der Waals surface area contributed by atoms with E-state index in [1.54, 1.807) is 0 Å². The van der Waals surface area contributed by atoms with Crippen LogP contribution in [0.1, 0.15) is 25.3 Å². The Morgan fingerprint density at radius 3 is 2.67 bits per heavy atom. The zero-order valence-corrected chi connectivity index (χ0v) is 10.7. The molecule has 0 aliphatic heterocycles. The third kappa shape index (κ3) is 5.17. The van der Waals surface area contributed by atoms with Crippen molar-refractivity contribution in [1.82, 2.24) is 5.32 Å². The van der Waals surface area contributed by atoms with Gasteiger partial charge in [-0.25, -0.2) is 0 Å². The summed E-state index contributed by atoms with van der Waals surface area (Å²) in [5, 5.41) is 20.7. The van der Waals surface area contributed by atoms with Gasteiger partial charge >= 0.3 is 0 Å². The van der Waals surface area contributed by atoms with E-state index in [2.05, 4.69) is 12.2 Å². The Labute approximate surface area is 108 Å². The van der Waals surface area contributed by atoms with Gasteiger partial charge in [0.2, 0.25) is 0 Å². The second kappa shape index (κ2) is 8.51. The van der Waals surface area contributed by atoms with Crippen LogP contribution >= 0.6 is 0 Å². The van der Waals surface area contributed by atoms with Gasteiger partial charge < -0.3 is 15.2 Å². The van der Waals surface area contributed by atoms with Crippen LogP contribution in [0, 0.1) is 11.3 Å². The van der Waals surface area contributed by atoms with Gasteiger partial charge in [-0.1, -0.05) is 19.1 Å². The van der Waals surface area contributed by atoms with E-state index in [1.165, 1.54) is 0 Å². The summed E-state index contributed by atoms with van der Waals surface area (Å²) < 4.78 is 5.18. The Morgan fingerprint density at radius 1 is 1.39 bits per heavy atom. The predicted octanol–water partition coefficient (Wildman–Crippen LogP) is 1.84. The highest BCUT2D eigenvalue weighted by atomic mass is 16.5. The summed E-state index contributed by atoms with van der Waals surface area (Å²) in [6.07, 6.45) is 1.78. The van der Waals surface area contributed by atoms with E-state index in [4.69, 9.17) is 15.1 Å². The summed E-state index contributed by atoms with van der Waals surface area (Å²) in [6.45, 7) is 3.17. The Bertz CT molecular complexity index is 370. The monoisotopic (exact) mass is 248 g/mol. The van der Waals surface area contributed by atoms with Crippen LogP contribution in [0.5, 0.6) is 5.75 Å². The molecule has 0 radical (unpaired) electrons. The number of nitriles is 1. The maximum absolute atomic E-state index is 8.90. The third-order valence-electron chi connectivity index (χ3n) is 2.79. The van der Waals surface area contributed by atoms with Crippen molar-refractivity contribution in [1.29, 1.82) is 5.26 Å². The number of nitrogens with one attached hydrogen (secondary N) is 1. The molecule has 0 saturated heterocycles. The quantitative estimate of drug-likeness (QED) is 0.736. The maximum atomic E-state index is 8.90. The fraction of sp³-hybridized carbons (Fsp3) is 0.500. The van der Waals surface area contributed by atoms with Crippen LogP contribution in [0.3, 0.4) is 0 Å². The number of ether oxygens (including phenoxy) is 1. The standard InChI is InChI=1S/C14H20N2O2/c1-2-13(7-9-17)16-11-12-3-5-14(6-4-12)18-10-8-15/h3-6,13,16-17H,2,7,9-11H2,1H3. The van der Waals surface area contributed by atoms with Gasteiger partial charge in [-0.2, -0.15) is 5.26 Å². The first kappa shape index (κ1) is 14.5. The van der Waals surface area contributed by atoms with E-state index in [9.17, 15) is 0 Å². The second-order valence-corrected chi connectivity index (χ2v) is 4.09. The molecule has 2 N–H and O–H groups in total. The van der Waals surface area contributed by atoms with Crippen molar-refractivity contribution in [2.75, 3.05) is 13.2 Å². The molecular weight excluding hydrogens is 228 g/mol. The van der Waals surface area contributed by atoms with Crippen LogP contribution in [-0.2, 0) is 6.54 Å². The van der Waals surface area contributed by atoms with Crippen LogP contribution in [-0.4, -0.2) is 24.4 Å². The second-order valence-electron chi connectivity index (χ2n) is 4.09. The van der Waals surface area contributed by atoms with E-state index in [1.807, 2.05) is 30.3 Å². The SMILES string of the molecule is CCC(CCO)NCc1ccc(OCC#N)cc1. The van der Waals surface area contributed by atoms with Crippen LogP contribution < -0.4 is 10.1 Å². The molecule has 1 unspecified atom stereocenters. The summed E-state index contributed by atoms with van der Waals surface area (Å²) in [7, 11) is 0. The maximum Gasteiger partial charge on any atom is 0.174 e. The van der Waals surface area contributed by atoms with Crippen LogP contribution in [0.15, 0.2) is 24.3 Å². The highest BCUT2D eigenvalue weighted by Gasteiger charge is 2.04. The van der Waals surface area contributed by atoms with Gasteiger partial charge in [0, 0.05) is 19.2 Å². The summed E-state index contributed by atoms with van der Waals surface area (Å²) in [5.41, 5.74) is 1.16. The molecule has 1 aromatic carbocycles. The van der Waals surface area contributed by atoms with Crippen molar-refractivity contribution < 1.29 is 9.84 Å². The van der Waals surface area contributed by atoms with Gasteiger partial charge in [-0.05, 0) is 30.5 Å². The predicted molar refractivity (Wildman–Crippen MR) is 70.2 cm³/mol. The molecule has 0 bridgehead atoms. The van der Waals surface area contributed by atoms with Crippen LogP contribution in [0.4, 0.5) is 0 Å². The average molecular weight is 248 g/mol. The van der Waals surface area contributed by atoms with Crippen molar-refractivity contribution in [3.8, 4) is 11.8 Å². The molecule has 1 aromatic rings. The van der Waals surface area contributed by atoms with E-state index < -0.39 is 0 Å². The van der Waals surface area contributed by atoms with E-state index in [0.29, 0.717) is 11.8 Å². The molecule has 4 heteroatoms. The number of benzene rings is 1. The fourth-order valence-corrected chi connectivity index (χ4v) is 1.69. The van der Waals surface area contributed by atoms with Crippen molar-refractivity contribution in [3.63, 3.8) is 0 Å². The first-order valence-electron chi connectivity index (χ1n) is 6.23. The van der Waals surface area contributed by atoms with Gasteiger partial charge in [0.1, 0.15) is 11.8 Å². The smallest absolute Gasteiger partial charge is 0.174 e. The summed E-state index contributed by atoms with van der Waals surface area (Å²) in [6, 6.07) is 9.97. The molecule has 0 aliphatic rings. The number of rotatable bonds is 8. The molecule has 0 saturated carbocycles. The molecule has 0 aliphatic carbocycles. The molecule has 0 spiro atoms. The van der Waals surface area contributed by atoms with Gasteiger partial charge in [0.05, 0.1) is 0 Å². The number of hydrogen-bond donors (Lipinski definition) is 2. The van der Waals surface area contributed by atoms with E-state index >= 15 is 0 Å². The molecule has 98 valence electrons. The molecular formula is C14H20N2O2. The van der Waals surface area contributed by atoms with Crippen molar-refractivity contribution >= 4 is 0 Å². The molecule has 0 amide bonds. The summed E-state index contributed by atoms with van der Waals surface area (Å²) in [5.74, 6) is 0.711. The Kier molecular flexibility index (Phi) is 6.85. The van der Waals surface area contributed by atoms with Crippen molar-refractivity contribution in [2.45, 2.75) is 32.4 Å². The number of hydrogen-bond acceptors (Lipinski definition) is 4. The lowest BCUT2D eigenvalue weighted by atomic mass is 10.1. The van der Waals surface area contributed by atoms with Gasteiger partial charge in [-0.3, -0.25) is 0 Å². The van der Waals surface area contributed by atoms with Gasteiger partial charge in [0.25, 0.3) is 0 Å². The molecule has 1 rings (SSSR count). The molecule has 4 nitrogen and oxygen atoms in total. The Balaban J connectivity index is 2.41. The largest absolute Gasteiger partial charge is 0.479 e. The lowest BCUT2D eigenvalue weighted by Crippen LogP contribution is -2.28. The minimum atomic E-state index is 0.0754. The molecule has 18 heavy (non-hydrogen) atoms. The zero-order chi connectivity index (χ0) is 13.2. The highest BCUT2D eigenvalue weighted by molar-refractivity contribution is 5.27. The van der Waals surface area contributed by atoms with Crippen molar-refractivity contribution in [3.05, 3.63) is 29.8 Å². The number of nitrogens with zero attached hydrogens (tertiary/aromatic N) is 1. The lowest BCUT2D eigenvalue weighted by molar-refractivity contribution is 0.262. The van der Waals surface area contributed by atoms with Gasteiger partial charge in [0.15, 0.2) is 6.61 Å². The third-order valence-corrected chi connectivity index (χ3v) is 2.79. The first-order valence-corrected chi connectivity index (χ1v) is 6.23. The summed E-state index contributed by atoms with van der Waals surface area (Å²) >= 11 is 0. The molecule has 1 atom stereocenters. The number of aliphatic hydroxyl groups is 1. The van der Waals surface area contributed by atoms with E-state index in [-0.39, 0.29) is 13.2 Å². The van der Waals surface area contributed by atoms with Gasteiger partial charge in [-0.15, -0.1) is 0 Å². The fourth-order valence-electron chi connectivity index (χ4n) is 1.69. The normalized spacial score (nSPS) is 11.8. The molecule has 0 aromatic heterocycles. The van der Waals surface area contributed by atoms with Crippen molar-refractivity contribution in [2.24, 2.45) is 0 Å². The van der Waals surface area contributed by atoms with Crippen LogP contribution in [0.2, 0.25) is 0 Å². The first-order chi connectivity index (χ1) is 8.80. The average Bonchev–Trinajstić information content (AvgIpc) is 2.42. The highest BCUT2D eigenvalue weighted by Crippen LogP contribution is 2.12. The molecule has 0 heterocycles. The Hall–Kier alpha value is -1.57. The topological polar surface area (TPSA) is 65.3 Å². The Morgan fingerprint density at radius 2 is 2.11 bits per heavy atom. The van der Waals surface area contributed by atoms with E-state index in [0.717, 1.165) is 24.9 Å². The molecule has 0 fully saturated rings. The van der Waals surface area contributed by atoms with Crippen LogP contribution in [0.25, 0.3) is 0 Å². The minimum Gasteiger partial charge on any atom is -0.479 e.